The predicted octanol–water partition coefficient (Wildman–Crippen LogP) is 1.97. The molecule has 0 saturated carbocycles. The molecule has 0 spiro atoms. The van der Waals surface area contributed by atoms with Gasteiger partial charge in [0.1, 0.15) is 5.75 Å². The van der Waals surface area contributed by atoms with Crippen molar-refractivity contribution in [2.45, 2.75) is 56.7 Å². The number of sulfonamides is 1. The highest BCUT2D eigenvalue weighted by Crippen LogP contribution is 2.26. The number of rotatable bonds is 4. The minimum atomic E-state index is -3.46. The zero-order valence-electron chi connectivity index (χ0n) is 12.8. The van der Waals surface area contributed by atoms with Crippen LogP contribution in [-0.2, 0) is 10.0 Å². The first-order valence-electron chi connectivity index (χ1n) is 7.35. The van der Waals surface area contributed by atoms with Crippen LogP contribution in [0.1, 0.15) is 33.6 Å². The summed E-state index contributed by atoms with van der Waals surface area (Å²) in [7, 11) is -3.46. The van der Waals surface area contributed by atoms with Gasteiger partial charge < -0.3 is 10.5 Å². The Hall–Kier alpha value is -1.11. The van der Waals surface area contributed by atoms with E-state index in [1.165, 1.54) is 0 Å². The van der Waals surface area contributed by atoms with Crippen molar-refractivity contribution in [1.29, 1.82) is 0 Å². The summed E-state index contributed by atoms with van der Waals surface area (Å²) < 4.78 is 32.5. The van der Waals surface area contributed by atoms with E-state index in [0.717, 1.165) is 0 Å². The molecular formula is C15H24N2O3S. The summed E-state index contributed by atoms with van der Waals surface area (Å²) in [6.07, 6.45) is 1.47. The molecule has 0 amide bonds. The lowest BCUT2D eigenvalue weighted by Crippen LogP contribution is -2.48. The van der Waals surface area contributed by atoms with Gasteiger partial charge in [0.05, 0.1) is 11.0 Å². The second kappa shape index (κ2) is 6.34. The molecule has 0 aromatic heterocycles. The van der Waals surface area contributed by atoms with Gasteiger partial charge in [-0.25, -0.2) is 8.42 Å². The van der Waals surface area contributed by atoms with Crippen molar-refractivity contribution in [3.63, 3.8) is 0 Å². The first-order chi connectivity index (χ1) is 9.80. The highest BCUT2D eigenvalue weighted by molar-refractivity contribution is 7.89. The van der Waals surface area contributed by atoms with Gasteiger partial charge in [-0.15, -0.1) is 0 Å². The molecule has 1 heterocycles. The Balaban J connectivity index is 2.19. The van der Waals surface area contributed by atoms with E-state index in [9.17, 15) is 8.42 Å². The lowest BCUT2D eigenvalue weighted by Gasteiger charge is -2.35. The average Bonchev–Trinajstić information content (AvgIpc) is 2.38. The molecule has 1 fully saturated rings. The molecule has 1 aliphatic rings. The molecule has 1 saturated heterocycles. The molecule has 21 heavy (non-hydrogen) atoms. The second-order valence-electron chi connectivity index (χ2n) is 5.89. The lowest BCUT2D eigenvalue weighted by atomic mass is 10.0. The highest BCUT2D eigenvalue weighted by atomic mass is 32.2. The maximum atomic E-state index is 12.7. The van der Waals surface area contributed by atoms with Gasteiger partial charge >= 0.3 is 0 Å². The van der Waals surface area contributed by atoms with Gasteiger partial charge in [-0.05, 0) is 57.9 Å². The van der Waals surface area contributed by atoms with Gasteiger partial charge in [-0.3, -0.25) is 0 Å². The number of nitrogens with two attached hydrogens (primary N) is 1. The number of ether oxygens (including phenoxy) is 1. The molecule has 0 aliphatic carbocycles. The molecular weight excluding hydrogens is 288 g/mol. The first kappa shape index (κ1) is 16.3. The molecule has 2 N–H and O–H groups in total. The Labute approximate surface area is 127 Å². The third-order valence-electron chi connectivity index (χ3n) is 3.66. The van der Waals surface area contributed by atoms with Crippen LogP contribution in [0.4, 0.5) is 0 Å². The van der Waals surface area contributed by atoms with E-state index in [1.54, 1.807) is 28.6 Å². The first-order valence-corrected chi connectivity index (χ1v) is 8.79. The summed E-state index contributed by atoms with van der Waals surface area (Å²) in [6.45, 7) is 6.26. The van der Waals surface area contributed by atoms with Crippen LogP contribution >= 0.6 is 0 Å². The molecule has 5 nitrogen and oxygen atoms in total. The van der Waals surface area contributed by atoms with Crippen molar-refractivity contribution in [3.8, 4) is 5.75 Å². The van der Waals surface area contributed by atoms with Crippen molar-refractivity contribution >= 4 is 10.0 Å². The van der Waals surface area contributed by atoms with Crippen LogP contribution < -0.4 is 10.5 Å². The van der Waals surface area contributed by atoms with Crippen molar-refractivity contribution in [3.05, 3.63) is 24.3 Å². The average molecular weight is 312 g/mol. The minimum Gasteiger partial charge on any atom is -0.491 e. The van der Waals surface area contributed by atoms with E-state index in [4.69, 9.17) is 10.5 Å². The van der Waals surface area contributed by atoms with E-state index >= 15 is 0 Å². The van der Waals surface area contributed by atoms with E-state index < -0.39 is 10.0 Å². The Kier molecular flexibility index (Phi) is 4.91. The molecule has 0 unspecified atom stereocenters. The fourth-order valence-electron chi connectivity index (χ4n) is 2.64. The van der Waals surface area contributed by atoms with Gasteiger partial charge in [0.25, 0.3) is 0 Å². The highest BCUT2D eigenvalue weighted by Gasteiger charge is 2.33. The fraction of sp³-hybridized carbons (Fsp3) is 0.600. The number of hydrogen-bond acceptors (Lipinski definition) is 4. The zero-order chi connectivity index (χ0) is 15.6. The summed E-state index contributed by atoms with van der Waals surface area (Å²) in [6, 6.07) is 6.64. The van der Waals surface area contributed by atoms with Crippen LogP contribution in [0.3, 0.4) is 0 Å². The van der Waals surface area contributed by atoms with Crippen LogP contribution in [0.2, 0.25) is 0 Å². The number of nitrogens with zero attached hydrogens (tertiary/aromatic N) is 1. The summed E-state index contributed by atoms with van der Waals surface area (Å²) in [4.78, 5) is 0.306. The van der Waals surface area contributed by atoms with Crippen molar-refractivity contribution < 1.29 is 13.2 Å². The topological polar surface area (TPSA) is 72.6 Å². The third kappa shape index (κ3) is 3.75. The Morgan fingerprint density at radius 2 is 1.90 bits per heavy atom. The smallest absolute Gasteiger partial charge is 0.243 e. The normalized spacial score (nSPS) is 24.2. The van der Waals surface area contributed by atoms with Gasteiger partial charge in [0.15, 0.2) is 0 Å². The maximum Gasteiger partial charge on any atom is 0.243 e. The van der Waals surface area contributed by atoms with Gasteiger partial charge in [-0.2, -0.15) is 4.31 Å². The van der Waals surface area contributed by atoms with E-state index in [-0.39, 0.29) is 18.2 Å². The Bertz CT molecular complexity index is 569. The molecule has 1 aromatic rings. The lowest BCUT2D eigenvalue weighted by molar-refractivity contribution is 0.242. The second-order valence-corrected chi connectivity index (χ2v) is 7.78. The standard InChI is InChI=1S/C15H24N2O3S/c1-11(2)20-14-4-6-15(7-5-14)21(18,19)17-9-8-13(16)10-12(17)3/h4-7,11-13H,8-10,16H2,1-3H3/t12-,13-/m1/s1. The van der Waals surface area contributed by atoms with Gasteiger partial charge in [-0.1, -0.05) is 0 Å². The summed E-state index contributed by atoms with van der Waals surface area (Å²) in [5.74, 6) is 0.678. The van der Waals surface area contributed by atoms with Crippen molar-refractivity contribution in [2.75, 3.05) is 6.54 Å². The van der Waals surface area contributed by atoms with Crippen LogP contribution in [0.5, 0.6) is 5.75 Å². The molecule has 0 radical (unpaired) electrons. The van der Waals surface area contributed by atoms with Gasteiger partial charge in [0, 0.05) is 18.6 Å². The molecule has 2 rings (SSSR count). The van der Waals surface area contributed by atoms with Crippen molar-refractivity contribution in [2.24, 2.45) is 5.73 Å². The predicted molar refractivity (Wildman–Crippen MR) is 82.8 cm³/mol. The fourth-order valence-corrected chi connectivity index (χ4v) is 4.30. The Morgan fingerprint density at radius 1 is 1.29 bits per heavy atom. The monoisotopic (exact) mass is 312 g/mol. The van der Waals surface area contributed by atoms with Gasteiger partial charge in [0.2, 0.25) is 10.0 Å². The van der Waals surface area contributed by atoms with Crippen LogP contribution in [0.15, 0.2) is 29.2 Å². The van der Waals surface area contributed by atoms with Crippen LogP contribution in [0.25, 0.3) is 0 Å². The number of benzene rings is 1. The molecule has 1 aliphatic heterocycles. The third-order valence-corrected chi connectivity index (χ3v) is 5.69. The van der Waals surface area contributed by atoms with E-state index in [0.29, 0.717) is 30.0 Å². The summed E-state index contributed by atoms with van der Waals surface area (Å²) in [5, 5.41) is 0. The SMILES string of the molecule is CC(C)Oc1ccc(S(=O)(=O)N2CC[C@@H](N)C[C@H]2C)cc1. The molecule has 6 heteroatoms. The van der Waals surface area contributed by atoms with Crippen molar-refractivity contribution in [1.82, 2.24) is 4.31 Å². The minimum absolute atomic E-state index is 0.0645. The number of hydrogen-bond donors (Lipinski definition) is 1. The van der Waals surface area contributed by atoms with Crippen LogP contribution in [0, 0.1) is 0 Å². The summed E-state index contributed by atoms with van der Waals surface area (Å²) in [5.41, 5.74) is 5.90. The molecule has 118 valence electrons. The quantitative estimate of drug-likeness (QED) is 0.922. The molecule has 0 bridgehead atoms. The molecule has 1 aromatic carbocycles. The Morgan fingerprint density at radius 3 is 2.43 bits per heavy atom. The number of piperidine rings is 1. The maximum absolute atomic E-state index is 12.7. The largest absolute Gasteiger partial charge is 0.491 e. The van der Waals surface area contributed by atoms with E-state index in [2.05, 4.69) is 0 Å². The van der Waals surface area contributed by atoms with Crippen LogP contribution in [-0.4, -0.2) is 37.5 Å². The molecule has 2 atom stereocenters. The zero-order valence-corrected chi connectivity index (χ0v) is 13.6. The van der Waals surface area contributed by atoms with E-state index in [1.807, 2.05) is 20.8 Å². The summed E-state index contributed by atoms with van der Waals surface area (Å²) >= 11 is 0.